The summed E-state index contributed by atoms with van der Waals surface area (Å²) < 4.78 is 41.5. The van der Waals surface area contributed by atoms with E-state index in [9.17, 15) is 13.2 Å². The van der Waals surface area contributed by atoms with Crippen LogP contribution in [0.25, 0.3) is 11.3 Å². The van der Waals surface area contributed by atoms with E-state index in [4.69, 9.17) is 0 Å². The molecule has 7 heteroatoms. The first-order valence-electron chi connectivity index (χ1n) is 8.22. The molecule has 2 fully saturated rings. The van der Waals surface area contributed by atoms with Crippen LogP contribution in [-0.4, -0.2) is 27.6 Å². The molecule has 4 nitrogen and oxygen atoms in total. The second-order valence-corrected chi connectivity index (χ2v) is 6.63. The van der Waals surface area contributed by atoms with E-state index in [1.54, 1.807) is 0 Å². The standard InChI is InChI=1S/C17H19F3N4/c1-3-15-23-14(8-24(15)16-11-6-21-7-12(11)16)10-4-13(17(18,19)20)9(2)22-5-10/h4-5,8,11-12,16,21H,3,6-7H2,1-2H3/t11-,12+,16?. The van der Waals surface area contributed by atoms with Gasteiger partial charge in [0.2, 0.25) is 0 Å². The van der Waals surface area contributed by atoms with Gasteiger partial charge in [0, 0.05) is 49.2 Å². The summed E-state index contributed by atoms with van der Waals surface area (Å²) in [5.74, 6) is 2.18. The van der Waals surface area contributed by atoms with E-state index >= 15 is 0 Å². The highest BCUT2D eigenvalue weighted by Crippen LogP contribution is 2.53. The Bertz CT molecular complexity index is 771. The molecule has 3 heterocycles. The van der Waals surface area contributed by atoms with Crippen molar-refractivity contribution in [1.82, 2.24) is 19.9 Å². The number of aryl methyl sites for hydroxylation is 2. The maximum absolute atomic E-state index is 13.1. The van der Waals surface area contributed by atoms with Crippen LogP contribution in [-0.2, 0) is 12.6 Å². The molecule has 2 aromatic heterocycles. The minimum atomic E-state index is -4.40. The molecule has 1 saturated carbocycles. The van der Waals surface area contributed by atoms with Crippen molar-refractivity contribution >= 4 is 0 Å². The molecule has 0 spiro atoms. The number of hydrogen-bond donors (Lipinski definition) is 1. The van der Waals surface area contributed by atoms with Gasteiger partial charge in [-0.15, -0.1) is 0 Å². The number of fused-ring (bicyclic) bond motifs is 1. The van der Waals surface area contributed by atoms with Crippen molar-refractivity contribution in [3.05, 3.63) is 35.5 Å². The second kappa shape index (κ2) is 5.31. The maximum atomic E-state index is 13.1. The van der Waals surface area contributed by atoms with Gasteiger partial charge in [-0.05, 0) is 24.8 Å². The first-order valence-corrected chi connectivity index (χ1v) is 8.22. The van der Waals surface area contributed by atoms with Crippen LogP contribution in [0, 0.1) is 18.8 Å². The Balaban J connectivity index is 1.71. The topological polar surface area (TPSA) is 42.7 Å². The van der Waals surface area contributed by atoms with E-state index in [0.717, 1.165) is 31.4 Å². The molecule has 3 atom stereocenters. The molecular formula is C17H19F3N4. The molecule has 0 amide bonds. The molecule has 1 aliphatic carbocycles. The SMILES string of the molecule is CCc1nc(-c2cnc(C)c(C(F)(F)F)c2)cn1C1[C@H]2CNC[C@@H]12. The third-order valence-electron chi connectivity index (χ3n) is 5.18. The predicted octanol–water partition coefficient (Wildman–Crippen LogP) is 3.23. The molecule has 0 radical (unpaired) electrons. The van der Waals surface area contributed by atoms with Crippen LogP contribution in [0.5, 0.6) is 0 Å². The van der Waals surface area contributed by atoms with Crippen molar-refractivity contribution in [2.24, 2.45) is 11.8 Å². The zero-order chi connectivity index (χ0) is 17.1. The van der Waals surface area contributed by atoms with Crippen molar-refractivity contribution in [2.45, 2.75) is 32.5 Å². The fourth-order valence-electron chi connectivity index (χ4n) is 3.85. The Morgan fingerprint density at radius 3 is 2.62 bits per heavy atom. The van der Waals surface area contributed by atoms with Gasteiger partial charge >= 0.3 is 6.18 Å². The van der Waals surface area contributed by atoms with Crippen molar-refractivity contribution in [3.8, 4) is 11.3 Å². The van der Waals surface area contributed by atoms with E-state index in [1.165, 1.54) is 13.1 Å². The second-order valence-electron chi connectivity index (χ2n) is 6.63. The Kier molecular flexibility index (Phi) is 3.46. The minimum Gasteiger partial charge on any atom is -0.331 e. The van der Waals surface area contributed by atoms with Crippen molar-refractivity contribution in [1.29, 1.82) is 0 Å². The van der Waals surface area contributed by atoms with Gasteiger partial charge in [-0.1, -0.05) is 6.92 Å². The number of rotatable bonds is 3. The van der Waals surface area contributed by atoms with E-state index in [-0.39, 0.29) is 5.69 Å². The number of alkyl halides is 3. The average Bonchev–Trinajstić information content (AvgIpc) is 2.93. The lowest BCUT2D eigenvalue weighted by Gasteiger charge is -2.10. The lowest BCUT2D eigenvalue weighted by Crippen LogP contribution is -2.17. The van der Waals surface area contributed by atoms with Crippen LogP contribution in [0.3, 0.4) is 0 Å². The van der Waals surface area contributed by atoms with E-state index in [1.807, 2.05) is 13.1 Å². The van der Waals surface area contributed by atoms with Crippen molar-refractivity contribution < 1.29 is 13.2 Å². The number of halogens is 3. The van der Waals surface area contributed by atoms with E-state index in [0.29, 0.717) is 29.1 Å². The number of nitrogens with one attached hydrogen (secondary N) is 1. The summed E-state index contributed by atoms with van der Waals surface area (Å²) in [5.41, 5.74) is 0.289. The highest BCUT2D eigenvalue weighted by Gasteiger charge is 2.54. The Morgan fingerprint density at radius 1 is 1.29 bits per heavy atom. The third-order valence-corrected chi connectivity index (χ3v) is 5.18. The molecule has 0 bridgehead atoms. The van der Waals surface area contributed by atoms with E-state index in [2.05, 4.69) is 19.9 Å². The average molecular weight is 336 g/mol. The quantitative estimate of drug-likeness (QED) is 0.936. The smallest absolute Gasteiger partial charge is 0.331 e. The molecular weight excluding hydrogens is 317 g/mol. The van der Waals surface area contributed by atoms with Gasteiger partial charge in [-0.2, -0.15) is 13.2 Å². The van der Waals surface area contributed by atoms with Crippen LogP contribution in [0.4, 0.5) is 13.2 Å². The van der Waals surface area contributed by atoms with Crippen molar-refractivity contribution in [3.63, 3.8) is 0 Å². The molecule has 128 valence electrons. The summed E-state index contributed by atoms with van der Waals surface area (Å²) in [6, 6.07) is 1.59. The highest BCUT2D eigenvalue weighted by molar-refractivity contribution is 5.59. The first kappa shape index (κ1) is 15.6. The molecule has 0 aromatic carbocycles. The van der Waals surface area contributed by atoms with Gasteiger partial charge in [0.25, 0.3) is 0 Å². The summed E-state index contributed by atoms with van der Waals surface area (Å²) in [6.45, 7) is 5.42. The molecule has 1 aliphatic heterocycles. The molecule has 4 rings (SSSR count). The fourth-order valence-corrected chi connectivity index (χ4v) is 3.85. The molecule has 24 heavy (non-hydrogen) atoms. The molecule has 2 aromatic rings. The summed E-state index contributed by atoms with van der Waals surface area (Å²) in [6.07, 6.45) is -0.266. The maximum Gasteiger partial charge on any atom is 0.418 e. The summed E-state index contributed by atoms with van der Waals surface area (Å²) in [4.78, 5) is 8.50. The normalized spacial score (nSPS) is 25.8. The molecule has 1 N–H and O–H groups in total. The van der Waals surface area contributed by atoms with Gasteiger partial charge in [0.05, 0.1) is 11.3 Å². The lowest BCUT2D eigenvalue weighted by molar-refractivity contribution is -0.138. The predicted molar refractivity (Wildman–Crippen MR) is 83.5 cm³/mol. The summed E-state index contributed by atoms with van der Waals surface area (Å²) in [7, 11) is 0. The van der Waals surface area contributed by atoms with Crippen LogP contribution in [0.15, 0.2) is 18.5 Å². The van der Waals surface area contributed by atoms with Crippen LogP contribution >= 0.6 is 0 Å². The Morgan fingerprint density at radius 2 is 2.00 bits per heavy atom. The third kappa shape index (κ3) is 2.42. The van der Waals surface area contributed by atoms with Crippen LogP contribution < -0.4 is 5.32 Å². The number of hydrogen-bond acceptors (Lipinski definition) is 3. The lowest BCUT2D eigenvalue weighted by atomic mass is 10.1. The molecule has 1 unspecified atom stereocenters. The van der Waals surface area contributed by atoms with Crippen LogP contribution in [0.2, 0.25) is 0 Å². The Labute approximate surface area is 138 Å². The number of pyridine rings is 1. The zero-order valence-electron chi connectivity index (χ0n) is 13.6. The molecule has 1 saturated heterocycles. The van der Waals surface area contributed by atoms with Crippen molar-refractivity contribution in [2.75, 3.05) is 13.1 Å². The van der Waals surface area contributed by atoms with Gasteiger partial charge in [0.15, 0.2) is 0 Å². The minimum absolute atomic E-state index is 0.0100. The van der Waals surface area contributed by atoms with Gasteiger partial charge < -0.3 is 9.88 Å². The number of aromatic nitrogens is 3. The van der Waals surface area contributed by atoms with Crippen LogP contribution in [0.1, 0.15) is 30.0 Å². The zero-order valence-corrected chi connectivity index (χ0v) is 13.6. The monoisotopic (exact) mass is 336 g/mol. The van der Waals surface area contributed by atoms with Gasteiger partial charge in [0.1, 0.15) is 5.82 Å². The molecule has 2 aliphatic rings. The first-order chi connectivity index (χ1) is 11.4. The number of piperidine rings is 1. The summed E-state index contributed by atoms with van der Waals surface area (Å²) >= 11 is 0. The highest BCUT2D eigenvalue weighted by atomic mass is 19.4. The number of nitrogens with zero attached hydrogens (tertiary/aromatic N) is 3. The number of imidazole rings is 1. The largest absolute Gasteiger partial charge is 0.418 e. The fraction of sp³-hybridized carbons (Fsp3) is 0.529. The van der Waals surface area contributed by atoms with Gasteiger partial charge in [-0.25, -0.2) is 4.98 Å². The van der Waals surface area contributed by atoms with Gasteiger partial charge in [-0.3, -0.25) is 4.98 Å². The van der Waals surface area contributed by atoms with E-state index < -0.39 is 11.7 Å². The summed E-state index contributed by atoms with van der Waals surface area (Å²) in [5, 5.41) is 3.36. The Hall–Kier alpha value is -1.89.